The van der Waals surface area contributed by atoms with Gasteiger partial charge in [-0.15, -0.1) is 10.2 Å². The lowest BCUT2D eigenvalue weighted by atomic mass is 10.2. The molecule has 128 valence electrons. The first-order valence-electron chi connectivity index (χ1n) is 7.30. The molecule has 25 heavy (non-hydrogen) atoms. The molecule has 0 aliphatic carbocycles. The molecule has 0 bridgehead atoms. The molecule has 0 aliphatic rings. The lowest BCUT2D eigenvalue weighted by Gasteiger charge is -2.07. The van der Waals surface area contributed by atoms with E-state index in [1.807, 2.05) is 24.3 Å². The van der Waals surface area contributed by atoms with Gasteiger partial charge in [-0.3, -0.25) is 4.79 Å². The maximum absolute atomic E-state index is 13.3. The van der Waals surface area contributed by atoms with Crippen molar-refractivity contribution in [3.8, 4) is 11.5 Å². The summed E-state index contributed by atoms with van der Waals surface area (Å²) < 4.78 is 19.7. The molecule has 0 saturated carbocycles. The van der Waals surface area contributed by atoms with Crippen LogP contribution in [0.2, 0.25) is 0 Å². The van der Waals surface area contributed by atoms with Crippen LogP contribution >= 0.6 is 27.7 Å². The number of halogens is 2. The number of aromatic nitrogens is 2. The molecule has 0 fully saturated rings. The van der Waals surface area contributed by atoms with E-state index in [1.54, 1.807) is 13.0 Å². The highest BCUT2D eigenvalue weighted by atomic mass is 79.9. The number of thioether (sulfide) groups is 1. The molecule has 8 heteroatoms. The molecule has 2 aromatic carbocycles. The summed E-state index contributed by atoms with van der Waals surface area (Å²) in [6.07, 6.45) is 0. The SMILES string of the molecule is Cc1ccc(F)cc1NC(=O)CSc1nnc(-c2ccccc2Br)o1. The van der Waals surface area contributed by atoms with Crippen molar-refractivity contribution in [1.29, 1.82) is 0 Å². The highest BCUT2D eigenvalue weighted by Crippen LogP contribution is 2.29. The average Bonchev–Trinajstić information content (AvgIpc) is 3.05. The summed E-state index contributed by atoms with van der Waals surface area (Å²) in [5.41, 5.74) is 2.01. The van der Waals surface area contributed by atoms with Gasteiger partial charge in [0.1, 0.15) is 5.82 Å². The minimum atomic E-state index is -0.400. The Bertz CT molecular complexity index is 916. The molecule has 3 aromatic rings. The smallest absolute Gasteiger partial charge is 0.277 e. The van der Waals surface area contributed by atoms with Crippen LogP contribution in [0, 0.1) is 12.7 Å². The molecule has 1 N–H and O–H groups in total. The zero-order chi connectivity index (χ0) is 17.8. The Morgan fingerprint density at radius 2 is 2.08 bits per heavy atom. The van der Waals surface area contributed by atoms with Gasteiger partial charge in [-0.25, -0.2) is 4.39 Å². The molecular weight excluding hydrogens is 409 g/mol. The van der Waals surface area contributed by atoms with Gasteiger partial charge in [0.15, 0.2) is 0 Å². The van der Waals surface area contributed by atoms with Gasteiger partial charge in [0.05, 0.1) is 11.3 Å². The average molecular weight is 422 g/mol. The fraction of sp³-hybridized carbons (Fsp3) is 0.118. The highest BCUT2D eigenvalue weighted by Gasteiger charge is 2.13. The van der Waals surface area contributed by atoms with Crippen LogP contribution in [-0.2, 0) is 4.79 Å². The zero-order valence-corrected chi connectivity index (χ0v) is 15.5. The number of carbonyl (C=O) groups is 1. The largest absolute Gasteiger partial charge is 0.411 e. The van der Waals surface area contributed by atoms with E-state index in [9.17, 15) is 9.18 Å². The summed E-state index contributed by atoms with van der Waals surface area (Å²) in [5, 5.41) is 10.9. The van der Waals surface area contributed by atoms with Crippen LogP contribution in [0.4, 0.5) is 10.1 Å². The second kappa shape index (κ2) is 7.79. The predicted octanol–water partition coefficient (Wildman–Crippen LogP) is 4.68. The molecular formula is C17H13BrFN3O2S. The topological polar surface area (TPSA) is 68.0 Å². The summed E-state index contributed by atoms with van der Waals surface area (Å²) in [7, 11) is 0. The third-order valence-corrected chi connectivity index (χ3v) is 4.82. The van der Waals surface area contributed by atoms with Crippen LogP contribution in [0.25, 0.3) is 11.5 Å². The molecule has 5 nitrogen and oxygen atoms in total. The van der Waals surface area contributed by atoms with E-state index in [1.165, 1.54) is 12.1 Å². The van der Waals surface area contributed by atoms with E-state index in [4.69, 9.17) is 4.42 Å². The zero-order valence-electron chi connectivity index (χ0n) is 13.1. The fourth-order valence-corrected chi connectivity index (χ4v) is 3.07. The first-order chi connectivity index (χ1) is 12.0. The Morgan fingerprint density at radius 1 is 1.28 bits per heavy atom. The van der Waals surface area contributed by atoms with Crippen molar-refractivity contribution in [1.82, 2.24) is 10.2 Å². The van der Waals surface area contributed by atoms with E-state index in [0.29, 0.717) is 11.6 Å². The highest BCUT2D eigenvalue weighted by molar-refractivity contribution is 9.10. The van der Waals surface area contributed by atoms with Gasteiger partial charge in [0, 0.05) is 10.2 Å². The first-order valence-corrected chi connectivity index (χ1v) is 9.08. The molecule has 0 atom stereocenters. The van der Waals surface area contributed by atoms with Crippen LogP contribution in [-0.4, -0.2) is 21.9 Å². The third kappa shape index (κ3) is 4.46. The van der Waals surface area contributed by atoms with Crippen LogP contribution in [0.5, 0.6) is 0 Å². The van der Waals surface area contributed by atoms with Gasteiger partial charge in [0.25, 0.3) is 5.22 Å². The van der Waals surface area contributed by atoms with E-state index in [2.05, 4.69) is 31.4 Å². The van der Waals surface area contributed by atoms with Gasteiger partial charge >= 0.3 is 0 Å². The number of carbonyl (C=O) groups excluding carboxylic acids is 1. The van der Waals surface area contributed by atoms with Crippen LogP contribution in [0.3, 0.4) is 0 Å². The lowest BCUT2D eigenvalue weighted by Crippen LogP contribution is -2.15. The number of nitrogens with one attached hydrogen (secondary N) is 1. The standard InChI is InChI=1S/C17H13BrFN3O2S/c1-10-6-7-11(19)8-14(10)20-15(23)9-25-17-22-21-16(24-17)12-4-2-3-5-13(12)18/h2-8H,9H2,1H3,(H,20,23). The Morgan fingerprint density at radius 3 is 2.88 bits per heavy atom. The summed E-state index contributed by atoms with van der Waals surface area (Å²) in [6, 6.07) is 11.7. The van der Waals surface area contributed by atoms with Gasteiger partial charge in [0.2, 0.25) is 11.8 Å². The minimum Gasteiger partial charge on any atom is -0.411 e. The molecule has 1 heterocycles. The van der Waals surface area contributed by atoms with Gasteiger partial charge in [-0.2, -0.15) is 0 Å². The van der Waals surface area contributed by atoms with Crippen LogP contribution < -0.4 is 5.32 Å². The number of nitrogens with zero attached hydrogens (tertiary/aromatic N) is 2. The van der Waals surface area contributed by atoms with E-state index < -0.39 is 5.82 Å². The quantitative estimate of drug-likeness (QED) is 0.605. The van der Waals surface area contributed by atoms with Crippen LogP contribution in [0.15, 0.2) is 56.6 Å². The number of amides is 1. The molecule has 0 saturated heterocycles. The molecule has 0 aliphatic heterocycles. The Kier molecular flexibility index (Phi) is 5.50. The maximum Gasteiger partial charge on any atom is 0.277 e. The van der Waals surface area contributed by atoms with Crippen molar-refractivity contribution in [2.45, 2.75) is 12.1 Å². The number of rotatable bonds is 5. The van der Waals surface area contributed by atoms with E-state index in [0.717, 1.165) is 27.4 Å². The first kappa shape index (κ1) is 17.6. The van der Waals surface area contributed by atoms with Crippen molar-refractivity contribution >= 4 is 39.3 Å². The summed E-state index contributed by atoms with van der Waals surface area (Å²) in [4.78, 5) is 12.0. The molecule has 0 unspecified atom stereocenters. The van der Waals surface area contributed by atoms with Crippen molar-refractivity contribution in [3.05, 3.63) is 58.3 Å². The Hall–Kier alpha value is -2.19. The second-order valence-electron chi connectivity index (χ2n) is 5.15. The molecule has 1 amide bonds. The van der Waals surface area contributed by atoms with Gasteiger partial charge in [-0.05, 0) is 52.7 Å². The lowest BCUT2D eigenvalue weighted by molar-refractivity contribution is -0.113. The number of anilines is 1. The van der Waals surface area contributed by atoms with Gasteiger partial charge in [-0.1, -0.05) is 30.0 Å². The molecule has 3 rings (SSSR count). The number of benzene rings is 2. The van der Waals surface area contributed by atoms with E-state index in [-0.39, 0.29) is 16.9 Å². The predicted molar refractivity (Wildman–Crippen MR) is 97.9 cm³/mol. The van der Waals surface area contributed by atoms with Crippen molar-refractivity contribution in [2.24, 2.45) is 0 Å². The van der Waals surface area contributed by atoms with Crippen LogP contribution in [0.1, 0.15) is 5.56 Å². The molecule has 0 radical (unpaired) electrons. The Labute approximate surface area is 156 Å². The number of aryl methyl sites for hydroxylation is 1. The number of hydrogen-bond donors (Lipinski definition) is 1. The van der Waals surface area contributed by atoms with Crippen molar-refractivity contribution in [2.75, 3.05) is 11.1 Å². The van der Waals surface area contributed by atoms with Crippen molar-refractivity contribution < 1.29 is 13.6 Å². The molecule has 0 spiro atoms. The Balaban J connectivity index is 1.61. The summed E-state index contributed by atoms with van der Waals surface area (Å²) in [6.45, 7) is 1.80. The van der Waals surface area contributed by atoms with E-state index >= 15 is 0 Å². The van der Waals surface area contributed by atoms with Gasteiger partial charge < -0.3 is 9.73 Å². The maximum atomic E-state index is 13.3. The second-order valence-corrected chi connectivity index (χ2v) is 6.93. The normalized spacial score (nSPS) is 10.7. The summed E-state index contributed by atoms with van der Waals surface area (Å²) >= 11 is 4.54. The third-order valence-electron chi connectivity index (χ3n) is 3.31. The molecule has 1 aromatic heterocycles. The fourth-order valence-electron chi connectivity index (χ4n) is 2.05. The minimum absolute atomic E-state index is 0.0769. The summed E-state index contributed by atoms with van der Waals surface area (Å²) in [5.74, 6) is -0.229. The number of hydrogen-bond acceptors (Lipinski definition) is 5. The monoisotopic (exact) mass is 421 g/mol. The van der Waals surface area contributed by atoms with Crippen molar-refractivity contribution in [3.63, 3.8) is 0 Å².